The predicted octanol–water partition coefficient (Wildman–Crippen LogP) is 7.53. The molecular formula is C27H27Cl2FN2O5S. The van der Waals surface area contributed by atoms with E-state index < -0.39 is 17.7 Å². The maximum Gasteiger partial charge on any atom is 0.371 e. The first-order chi connectivity index (χ1) is 18.2. The molecule has 0 fully saturated rings. The minimum Gasteiger partial charge on any atom is -0.490 e. The molecule has 0 unspecified atom stereocenters. The smallest absolute Gasteiger partial charge is 0.371 e. The SMILES string of the molecule is CCC(CC)COCc1cccc(-c2csc(NC(=O)c3cc(Cl)c(/C=C(\OC)C(=O)O)c(Cl)c3)n2)c1F. The number of ether oxygens (including phenoxy) is 2. The summed E-state index contributed by atoms with van der Waals surface area (Å²) in [6.45, 7) is 4.94. The highest BCUT2D eigenvalue weighted by molar-refractivity contribution is 7.14. The second kappa shape index (κ2) is 13.7. The maximum atomic E-state index is 15.2. The number of anilines is 1. The molecule has 7 nitrogen and oxygen atoms in total. The van der Waals surface area contributed by atoms with Gasteiger partial charge in [-0.2, -0.15) is 0 Å². The first-order valence-corrected chi connectivity index (χ1v) is 13.4. The molecule has 1 aromatic heterocycles. The van der Waals surface area contributed by atoms with Crippen molar-refractivity contribution in [2.24, 2.45) is 5.92 Å². The molecule has 0 aliphatic rings. The third kappa shape index (κ3) is 7.32. The summed E-state index contributed by atoms with van der Waals surface area (Å²) >= 11 is 13.6. The molecule has 0 bridgehead atoms. The van der Waals surface area contributed by atoms with Crippen LogP contribution in [0.5, 0.6) is 0 Å². The van der Waals surface area contributed by atoms with Gasteiger partial charge in [0.25, 0.3) is 5.91 Å². The molecule has 3 aromatic rings. The van der Waals surface area contributed by atoms with E-state index in [1.165, 1.54) is 25.3 Å². The van der Waals surface area contributed by atoms with Crippen molar-refractivity contribution in [2.75, 3.05) is 19.0 Å². The molecule has 2 aromatic carbocycles. The van der Waals surface area contributed by atoms with Gasteiger partial charge in [-0.3, -0.25) is 10.1 Å². The Morgan fingerprint density at radius 1 is 1.21 bits per heavy atom. The van der Waals surface area contributed by atoms with Gasteiger partial charge in [-0.25, -0.2) is 14.2 Å². The van der Waals surface area contributed by atoms with Gasteiger partial charge in [-0.1, -0.05) is 62.0 Å². The zero-order chi connectivity index (χ0) is 27.8. The van der Waals surface area contributed by atoms with E-state index in [1.807, 2.05) is 0 Å². The first kappa shape index (κ1) is 29.6. The van der Waals surface area contributed by atoms with Crippen LogP contribution in [0.25, 0.3) is 17.3 Å². The lowest BCUT2D eigenvalue weighted by atomic mass is 10.1. The molecule has 1 heterocycles. The Labute approximate surface area is 234 Å². The van der Waals surface area contributed by atoms with Crippen LogP contribution in [-0.4, -0.2) is 35.7 Å². The Kier molecular flexibility index (Phi) is 10.7. The number of aromatic nitrogens is 1. The largest absolute Gasteiger partial charge is 0.490 e. The second-order valence-corrected chi connectivity index (χ2v) is 10.0. The number of thiazole rings is 1. The van der Waals surface area contributed by atoms with Crippen LogP contribution in [0.1, 0.15) is 48.2 Å². The van der Waals surface area contributed by atoms with Gasteiger partial charge in [0.2, 0.25) is 5.76 Å². The molecule has 0 saturated carbocycles. The number of nitrogens with one attached hydrogen (secondary N) is 1. The second-order valence-electron chi connectivity index (χ2n) is 8.34. The highest BCUT2D eigenvalue weighted by atomic mass is 35.5. The van der Waals surface area contributed by atoms with Crippen LogP contribution >= 0.6 is 34.5 Å². The van der Waals surface area contributed by atoms with E-state index in [9.17, 15) is 9.59 Å². The van der Waals surface area contributed by atoms with Gasteiger partial charge in [0.1, 0.15) is 5.82 Å². The molecule has 202 valence electrons. The van der Waals surface area contributed by atoms with Crippen LogP contribution in [0, 0.1) is 11.7 Å². The minimum atomic E-state index is -1.29. The third-order valence-corrected chi connectivity index (χ3v) is 7.28. The quantitative estimate of drug-likeness (QED) is 0.170. The summed E-state index contributed by atoms with van der Waals surface area (Å²) in [5.41, 5.74) is 1.44. The summed E-state index contributed by atoms with van der Waals surface area (Å²) in [5.74, 6) is -2.18. The number of hydrogen-bond donors (Lipinski definition) is 2. The summed E-state index contributed by atoms with van der Waals surface area (Å²) in [7, 11) is 1.21. The van der Waals surface area contributed by atoms with Gasteiger partial charge in [0, 0.05) is 34.2 Å². The van der Waals surface area contributed by atoms with Crippen molar-refractivity contribution in [2.45, 2.75) is 33.3 Å². The van der Waals surface area contributed by atoms with Gasteiger partial charge in [-0.05, 0) is 30.2 Å². The van der Waals surface area contributed by atoms with E-state index in [2.05, 4.69) is 24.1 Å². The number of carbonyl (C=O) groups is 2. The highest BCUT2D eigenvalue weighted by Crippen LogP contribution is 2.31. The molecule has 0 spiro atoms. The van der Waals surface area contributed by atoms with E-state index in [4.69, 9.17) is 37.8 Å². The molecule has 3 rings (SSSR count). The Hall–Kier alpha value is -2.98. The lowest BCUT2D eigenvalue weighted by Gasteiger charge is -2.13. The summed E-state index contributed by atoms with van der Waals surface area (Å²) in [6, 6.07) is 7.74. The average Bonchev–Trinajstić information content (AvgIpc) is 3.35. The number of carboxylic acid groups (broad SMARTS) is 1. The topological polar surface area (TPSA) is 97.8 Å². The molecule has 0 radical (unpaired) electrons. The van der Waals surface area contributed by atoms with Gasteiger partial charge >= 0.3 is 5.97 Å². The van der Waals surface area contributed by atoms with Crippen molar-refractivity contribution < 1.29 is 28.6 Å². The van der Waals surface area contributed by atoms with Crippen LogP contribution in [0.4, 0.5) is 9.52 Å². The maximum absolute atomic E-state index is 15.2. The fourth-order valence-corrected chi connectivity index (χ4v) is 4.87. The first-order valence-electron chi connectivity index (χ1n) is 11.8. The van der Waals surface area contributed by atoms with Crippen LogP contribution in [0.2, 0.25) is 10.0 Å². The molecule has 0 atom stereocenters. The zero-order valence-electron chi connectivity index (χ0n) is 21.0. The number of nitrogens with zero attached hydrogens (tertiary/aromatic N) is 1. The van der Waals surface area contributed by atoms with E-state index in [0.717, 1.165) is 24.2 Å². The lowest BCUT2D eigenvalue weighted by Crippen LogP contribution is -2.12. The van der Waals surface area contributed by atoms with Gasteiger partial charge in [0.05, 0.1) is 29.5 Å². The average molecular weight is 581 g/mol. The molecule has 0 aliphatic carbocycles. The summed E-state index contributed by atoms with van der Waals surface area (Å²) in [5, 5.41) is 13.8. The summed E-state index contributed by atoms with van der Waals surface area (Å²) < 4.78 is 25.7. The van der Waals surface area contributed by atoms with Crippen molar-refractivity contribution in [3.8, 4) is 11.3 Å². The zero-order valence-corrected chi connectivity index (χ0v) is 23.3. The third-order valence-electron chi connectivity index (χ3n) is 5.89. The van der Waals surface area contributed by atoms with Crippen molar-refractivity contribution >= 4 is 57.6 Å². The van der Waals surface area contributed by atoms with Crippen LogP contribution in [0.3, 0.4) is 0 Å². The fraction of sp³-hybridized carbons (Fsp3) is 0.296. The van der Waals surface area contributed by atoms with E-state index in [1.54, 1.807) is 23.6 Å². The van der Waals surface area contributed by atoms with Gasteiger partial charge in [-0.15, -0.1) is 11.3 Å². The number of hydrogen-bond acceptors (Lipinski definition) is 6. The summed E-state index contributed by atoms with van der Waals surface area (Å²) in [6.07, 6.45) is 3.18. The van der Waals surface area contributed by atoms with E-state index >= 15 is 4.39 Å². The number of rotatable bonds is 12. The van der Waals surface area contributed by atoms with Crippen LogP contribution in [-0.2, 0) is 20.9 Å². The molecule has 2 N–H and O–H groups in total. The lowest BCUT2D eigenvalue weighted by molar-refractivity contribution is -0.135. The van der Waals surface area contributed by atoms with Crippen LogP contribution in [0.15, 0.2) is 41.5 Å². The normalized spacial score (nSPS) is 11.6. The molecule has 38 heavy (non-hydrogen) atoms. The van der Waals surface area contributed by atoms with Crippen molar-refractivity contribution in [3.63, 3.8) is 0 Å². The number of aliphatic carboxylic acids is 1. The number of benzene rings is 2. The number of carboxylic acids is 1. The number of methoxy groups -OCH3 is 1. The van der Waals surface area contributed by atoms with Crippen LogP contribution < -0.4 is 5.32 Å². The Morgan fingerprint density at radius 2 is 1.89 bits per heavy atom. The van der Waals surface area contributed by atoms with Crippen molar-refractivity contribution in [1.82, 2.24) is 4.98 Å². The van der Waals surface area contributed by atoms with E-state index in [-0.39, 0.29) is 38.7 Å². The summed E-state index contributed by atoms with van der Waals surface area (Å²) in [4.78, 5) is 28.4. The molecule has 0 aliphatic heterocycles. The highest BCUT2D eigenvalue weighted by Gasteiger charge is 2.18. The fourth-order valence-electron chi connectivity index (χ4n) is 3.57. The van der Waals surface area contributed by atoms with Crippen molar-refractivity contribution in [1.29, 1.82) is 0 Å². The van der Waals surface area contributed by atoms with Gasteiger partial charge < -0.3 is 14.6 Å². The number of halogens is 3. The minimum absolute atomic E-state index is 0.0589. The molecule has 1 amide bonds. The Bertz CT molecular complexity index is 1320. The molecular weight excluding hydrogens is 554 g/mol. The monoisotopic (exact) mass is 580 g/mol. The van der Waals surface area contributed by atoms with Crippen molar-refractivity contribution in [3.05, 3.63) is 74.0 Å². The number of carbonyl (C=O) groups excluding carboxylic acids is 1. The molecule has 0 saturated heterocycles. The molecule has 11 heteroatoms. The standard InChI is InChI=1S/C27H27Cl2FN2O5S/c1-4-15(5-2)12-37-13-16-7-6-8-18(24(16)30)22-14-38-27(31-22)32-25(33)17-9-20(28)19(21(29)10-17)11-23(36-3)26(34)35/h6-11,14-15H,4-5,12-13H2,1-3H3,(H,34,35)(H,31,32,33)/b23-11-. The van der Waals surface area contributed by atoms with Gasteiger partial charge in [0.15, 0.2) is 5.13 Å². The predicted molar refractivity (Wildman–Crippen MR) is 148 cm³/mol. The van der Waals surface area contributed by atoms with E-state index in [0.29, 0.717) is 29.3 Å². The Morgan fingerprint density at radius 3 is 2.50 bits per heavy atom. The number of amides is 1. The Balaban J connectivity index is 1.74.